The Kier molecular flexibility index (Phi) is 5.16. The maximum Gasteiger partial charge on any atom is 0.249 e. The molecule has 0 aliphatic rings. The van der Waals surface area contributed by atoms with E-state index in [9.17, 15) is 0 Å². The van der Waals surface area contributed by atoms with Crippen molar-refractivity contribution in [3.8, 4) is 5.75 Å². The molecule has 0 aliphatic carbocycles. The molecule has 0 radical (unpaired) electrons. The Bertz CT molecular complexity index is 608. The fraction of sp³-hybridized carbons (Fsp3) is 0.357. The van der Waals surface area contributed by atoms with Crippen molar-refractivity contribution in [3.05, 3.63) is 29.4 Å². The molecule has 6 nitrogen and oxygen atoms in total. The van der Waals surface area contributed by atoms with Gasteiger partial charge in [0.25, 0.3) is 0 Å². The van der Waals surface area contributed by atoms with E-state index in [-0.39, 0.29) is 0 Å². The summed E-state index contributed by atoms with van der Waals surface area (Å²) in [6, 6.07) is 5.60. The minimum atomic E-state index is 0.315. The van der Waals surface area contributed by atoms with Gasteiger partial charge in [-0.1, -0.05) is 18.5 Å². The summed E-state index contributed by atoms with van der Waals surface area (Å²) in [5.74, 6) is 1.70. The number of benzene rings is 1. The zero-order valence-corrected chi connectivity index (χ0v) is 13.0. The zero-order valence-electron chi connectivity index (χ0n) is 12.2. The molecular weight excluding hydrogens is 290 g/mol. The average Bonchev–Trinajstić information content (AvgIpc) is 2.48. The summed E-state index contributed by atoms with van der Waals surface area (Å²) >= 11 is 5.99. The summed E-state index contributed by atoms with van der Waals surface area (Å²) in [6.45, 7) is 4.18. The van der Waals surface area contributed by atoms with Crippen LogP contribution in [0.5, 0.6) is 5.75 Å². The first-order chi connectivity index (χ1) is 10.1. The molecule has 0 aliphatic heterocycles. The molecule has 0 spiro atoms. The van der Waals surface area contributed by atoms with Crippen molar-refractivity contribution in [2.75, 3.05) is 17.7 Å². The van der Waals surface area contributed by atoms with Crippen LogP contribution < -0.4 is 15.4 Å². The summed E-state index contributed by atoms with van der Waals surface area (Å²) in [5.41, 5.74) is 0.687. The van der Waals surface area contributed by atoms with Crippen LogP contribution in [0.1, 0.15) is 20.3 Å². The van der Waals surface area contributed by atoms with Gasteiger partial charge >= 0.3 is 0 Å². The maximum absolute atomic E-state index is 5.99. The van der Waals surface area contributed by atoms with E-state index in [1.807, 2.05) is 0 Å². The molecule has 0 amide bonds. The SMILES string of the molecule is CCC(C)Nc1cnnc(Nc2cc(Cl)ccc2OC)n1. The molecule has 2 N–H and O–H groups in total. The number of nitrogens with one attached hydrogen (secondary N) is 2. The van der Waals surface area contributed by atoms with E-state index in [4.69, 9.17) is 16.3 Å². The zero-order chi connectivity index (χ0) is 15.2. The number of ether oxygens (including phenoxy) is 1. The van der Waals surface area contributed by atoms with Gasteiger partial charge in [0, 0.05) is 11.1 Å². The molecule has 7 heteroatoms. The normalized spacial score (nSPS) is 11.8. The number of methoxy groups -OCH3 is 1. The molecule has 2 aromatic rings. The van der Waals surface area contributed by atoms with Crippen LogP contribution >= 0.6 is 11.6 Å². The van der Waals surface area contributed by atoms with Crippen molar-refractivity contribution in [1.82, 2.24) is 15.2 Å². The Morgan fingerprint density at radius 2 is 2.19 bits per heavy atom. The van der Waals surface area contributed by atoms with Crippen molar-refractivity contribution >= 4 is 29.1 Å². The van der Waals surface area contributed by atoms with Crippen LogP contribution in [0, 0.1) is 0 Å². The van der Waals surface area contributed by atoms with Crippen molar-refractivity contribution in [1.29, 1.82) is 0 Å². The van der Waals surface area contributed by atoms with Gasteiger partial charge in [0.05, 0.1) is 19.0 Å². The summed E-state index contributed by atoms with van der Waals surface area (Å²) in [6.07, 6.45) is 2.58. The van der Waals surface area contributed by atoms with Gasteiger partial charge in [0.2, 0.25) is 5.95 Å². The molecule has 2 rings (SSSR count). The quantitative estimate of drug-likeness (QED) is 0.851. The number of halogens is 1. The number of hydrogen-bond acceptors (Lipinski definition) is 6. The van der Waals surface area contributed by atoms with E-state index in [1.54, 1.807) is 31.5 Å². The van der Waals surface area contributed by atoms with Gasteiger partial charge in [-0.2, -0.15) is 10.1 Å². The lowest BCUT2D eigenvalue weighted by Crippen LogP contribution is -2.15. The van der Waals surface area contributed by atoms with E-state index >= 15 is 0 Å². The Hall–Kier alpha value is -2.08. The van der Waals surface area contributed by atoms with Crippen LogP contribution in [-0.2, 0) is 0 Å². The molecule has 1 aromatic heterocycles. The topological polar surface area (TPSA) is 72.0 Å². The fourth-order valence-corrected chi connectivity index (χ4v) is 1.85. The third kappa shape index (κ3) is 4.19. The van der Waals surface area contributed by atoms with E-state index in [1.165, 1.54) is 0 Å². The monoisotopic (exact) mass is 307 g/mol. The van der Waals surface area contributed by atoms with Crippen LogP contribution in [0.3, 0.4) is 0 Å². The lowest BCUT2D eigenvalue weighted by atomic mass is 10.3. The summed E-state index contributed by atoms with van der Waals surface area (Å²) in [5, 5.41) is 14.8. The summed E-state index contributed by atoms with van der Waals surface area (Å²) in [7, 11) is 1.59. The van der Waals surface area contributed by atoms with Gasteiger partial charge < -0.3 is 15.4 Å². The van der Waals surface area contributed by atoms with Gasteiger partial charge in [-0.15, -0.1) is 5.10 Å². The molecule has 1 heterocycles. The van der Waals surface area contributed by atoms with Gasteiger partial charge in [-0.3, -0.25) is 0 Å². The Balaban J connectivity index is 2.20. The number of nitrogens with zero attached hydrogens (tertiary/aromatic N) is 3. The molecule has 0 fully saturated rings. The van der Waals surface area contributed by atoms with Gasteiger partial charge in [-0.25, -0.2) is 0 Å². The molecule has 0 bridgehead atoms. The first kappa shape index (κ1) is 15.3. The van der Waals surface area contributed by atoms with Gasteiger partial charge in [0.15, 0.2) is 5.82 Å². The highest BCUT2D eigenvalue weighted by Gasteiger charge is 2.08. The highest BCUT2D eigenvalue weighted by atomic mass is 35.5. The second-order valence-electron chi connectivity index (χ2n) is 4.59. The summed E-state index contributed by atoms with van der Waals surface area (Å²) in [4.78, 5) is 4.37. The predicted octanol–water partition coefficient (Wildman–Crippen LogP) is 3.49. The average molecular weight is 308 g/mol. The number of hydrogen-bond donors (Lipinski definition) is 2. The molecule has 112 valence electrons. The highest BCUT2D eigenvalue weighted by Crippen LogP contribution is 2.29. The Morgan fingerprint density at radius 3 is 2.90 bits per heavy atom. The lowest BCUT2D eigenvalue weighted by molar-refractivity contribution is 0.417. The first-order valence-corrected chi connectivity index (χ1v) is 7.07. The number of anilines is 3. The number of aromatic nitrogens is 3. The molecule has 0 saturated heterocycles. The Labute approximate surface area is 128 Å². The van der Waals surface area contributed by atoms with Crippen LogP contribution in [-0.4, -0.2) is 28.3 Å². The standard InChI is InChI=1S/C14H18ClN5O/c1-4-9(2)17-13-8-16-20-14(19-13)18-11-7-10(15)5-6-12(11)21-3/h5-9H,4H2,1-3H3,(H2,17,18,19,20). The smallest absolute Gasteiger partial charge is 0.249 e. The molecule has 0 saturated carbocycles. The highest BCUT2D eigenvalue weighted by molar-refractivity contribution is 6.30. The van der Waals surface area contributed by atoms with E-state index < -0.39 is 0 Å². The molecular formula is C14H18ClN5O. The van der Waals surface area contributed by atoms with Gasteiger partial charge in [-0.05, 0) is 31.5 Å². The predicted molar refractivity (Wildman–Crippen MR) is 84.5 cm³/mol. The van der Waals surface area contributed by atoms with Crippen LogP contribution in [0.4, 0.5) is 17.5 Å². The van der Waals surface area contributed by atoms with Crippen molar-refractivity contribution < 1.29 is 4.74 Å². The number of rotatable bonds is 6. The van der Waals surface area contributed by atoms with Crippen LogP contribution in [0.15, 0.2) is 24.4 Å². The molecule has 1 atom stereocenters. The van der Waals surface area contributed by atoms with E-state index in [0.717, 1.165) is 6.42 Å². The molecule has 1 unspecified atom stereocenters. The van der Waals surface area contributed by atoms with Crippen molar-refractivity contribution in [3.63, 3.8) is 0 Å². The minimum Gasteiger partial charge on any atom is -0.495 e. The Morgan fingerprint density at radius 1 is 1.38 bits per heavy atom. The maximum atomic E-state index is 5.99. The molecule has 1 aromatic carbocycles. The third-order valence-electron chi connectivity index (χ3n) is 2.97. The van der Waals surface area contributed by atoms with Crippen LogP contribution in [0.25, 0.3) is 0 Å². The fourth-order valence-electron chi connectivity index (χ4n) is 1.68. The third-order valence-corrected chi connectivity index (χ3v) is 3.21. The second kappa shape index (κ2) is 7.08. The summed E-state index contributed by atoms with van der Waals surface area (Å²) < 4.78 is 5.27. The van der Waals surface area contributed by atoms with Gasteiger partial charge in [0.1, 0.15) is 5.75 Å². The second-order valence-corrected chi connectivity index (χ2v) is 5.02. The van der Waals surface area contributed by atoms with E-state index in [2.05, 4.69) is 39.7 Å². The largest absolute Gasteiger partial charge is 0.495 e. The van der Waals surface area contributed by atoms with Crippen LogP contribution in [0.2, 0.25) is 5.02 Å². The minimum absolute atomic E-state index is 0.315. The molecule has 21 heavy (non-hydrogen) atoms. The first-order valence-electron chi connectivity index (χ1n) is 6.69. The lowest BCUT2D eigenvalue weighted by Gasteiger charge is -2.13. The van der Waals surface area contributed by atoms with E-state index in [0.29, 0.717) is 34.3 Å². The van der Waals surface area contributed by atoms with Crippen molar-refractivity contribution in [2.45, 2.75) is 26.3 Å². The van der Waals surface area contributed by atoms with Crippen molar-refractivity contribution in [2.24, 2.45) is 0 Å².